The number of carbonyl (C=O) groups is 4. The summed E-state index contributed by atoms with van der Waals surface area (Å²) >= 11 is 0. The predicted molar refractivity (Wildman–Crippen MR) is 128 cm³/mol. The normalized spacial score (nSPS) is 16.0. The number of anilines is 1. The van der Waals surface area contributed by atoms with E-state index >= 15 is 0 Å². The van der Waals surface area contributed by atoms with Crippen LogP contribution < -0.4 is 10.6 Å². The molecule has 1 fully saturated rings. The van der Waals surface area contributed by atoms with Gasteiger partial charge in [0, 0.05) is 31.7 Å². The molecular formula is C26H38N2O5. The van der Waals surface area contributed by atoms with Crippen molar-refractivity contribution in [1.29, 1.82) is 0 Å². The Morgan fingerprint density at radius 2 is 1.79 bits per heavy atom. The first-order valence-electron chi connectivity index (χ1n) is 12.1. The highest BCUT2D eigenvalue weighted by molar-refractivity contribution is 6.04. The van der Waals surface area contributed by atoms with E-state index < -0.39 is 11.8 Å². The smallest absolute Gasteiger partial charge is 0.233 e. The first-order valence-corrected chi connectivity index (χ1v) is 12.1. The van der Waals surface area contributed by atoms with Gasteiger partial charge in [-0.25, -0.2) is 0 Å². The van der Waals surface area contributed by atoms with Gasteiger partial charge in [0.15, 0.2) is 0 Å². The van der Waals surface area contributed by atoms with Crippen molar-refractivity contribution >= 4 is 29.1 Å². The third-order valence-corrected chi connectivity index (χ3v) is 5.77. The highest BCUT2D eigenvalue weighted by Crippen LogP contribution is 2.23. The molecule has 1 saturated carbocycles. The third-order valence-electron chi connectivity index (χ3n) is 5.77. The molecule has 0 spiro atoms. The lowest BCUT2D eigenvalue weighted by Gasteiger charge is -2.19. The van der Waals surface area contributed by atoms with E-state index in [-0.39, 0.29) is 30.3 Å². The van der Waals surface area contributed by atoms with Crippen molar-refractivity contribution in [3.05, 3.63) is 29.8 Å². The van der Waals surface area contributed by atoms with Crippen LogP contribution in [0, 0.1) is 11.8 Å². The molecule has 1 unspecified atom stereocenters. The van der Waals surface area contributed by atoms with E-state index in [4.69, 9.17) is 4.74 Å². The molecule has 0 aromatic heterocycles. The number of benzene rings is 1. The largest absolute Gasteiger partial charge is 0.380 e. The Morgan fingerprint density at radius 3 is 2.48 bits per heavy atom. The zero-order chi connectivity index (χ0) is 24.1. The molecule has 7 heteroatoms. The number of carbonyl (C=O) groups excluding carboxylic acids is 4. The average Bonchev–Trinajstić information content (AvgIpc) is 2.77. The minimum atomic E-state index is -0.466. The number of nitrogens with one attached hydrogen (secondary N) is 2. The van der Waals surface area contributed by atoms with Crippen LogP contribution in [-0.2, 0) is 30.3 Å². The molecule has 1 atom stereocenters. The molecule has 1 aromatic carbocycles. The van der Waals surface area contributed by atoms with Crippen molar-refractivity contribution < 1.29 is 23.9 Å². The van der Waals surface area contributed by atoms with Gasteiger partial charge in [-0.1, -0.05) is 45.2 Å². The summed E-state index contributed by atoms with van der Waals surface area (Å²) < 4.78 is 5.49. The first kappa shape index (κ1) is 26.7. The topological polar surface area (TPSA) is 102 Å². The predicted octanol–water partition coefficient (Wildman–Crippen LogP) is 3.85. The van der Waals surface area contributed by atoms with Gasteiger partial charge in [-0.05, 0) is 42.9 Å². The van der Waals surface area contributed by atoms with E-state index in [0.29, 0.717) is 44.2 Å². The van der Waals surface area contributed by atoms with E-state index in [1.165, 1.54) is 6.42 Å². The molecule has 0 radical (unpaired) electrons. The Kier molecular flexibility index (Phi) is 11.8. The van der Waals surface area contributed by atoms with E-state index in [1.807, 2.05) is 0 Å². The molecule has 0 saturated heterocycles. The molecule has 2 rings (SSSR count). The van der Waals surface area contributed by atoms with Crippen LogP contribution in [0.1, 0.15) is 70.8 Å². The molecule has 1 aromatic rings. The van der Waals surface area contributed by atoms with Gasteiger partial charge in [-0.3, -0.25) is 19.2 Å². The van der Waals surface area contributed by atoms with E-state index in [9.17, 15) is 19.2 Å². The van der Waals surface area contributed by atoms with Gasteiger partial charge < -0.3 is 15.4 Å². The van der Waals surface area contributed by atoms with Crippen LogP contribution in [0.2, 0.25) is 0 Å². The minimum Gasteiger partial charge on any atom is -0.380 e. The number of ketones is 2. The van der Waals surface area contributed by atoms with Crippen LogP contribution in [0.15, 0.2) is 24.3 Å². The van der Waals surface area contributed by atoms with Gasteiger partial charge in [0.1, 0.15) is 18.0 Å². The maximum absolute atomic E-state index is 12.4. The number of amides is 2. The maximum Gasteiger partial charge on any atom is 0.233 e. The van der Waals surface area contributed by atoms with Crippen LogP contribution in [0.25, 0.3) is 0 Å². The van der Waals surface area contributed by atoms with Gasteiger partial charge in [-0.15, -0.1) is 0 Å². The second-order valence-corrected chi connectivity index (χ2v) is 9.18. The summed E-state index contributed by atoms with van der Waals surface area (Å²) in [7, 11) is 0. The molecule has 2 N–H and O–H groups in total. The lowest BCUT2D eigenvalue weighted by atomic mass is 9.83. The standard InChI is InChI=1S/C26H38N2O5/c1-19(2)7-5-6-15-33-16-14-27-25(31)18-26(32)28-21-12-10-20(11-13-21)17-24(30)22-8-3-4-9-23(22)29/h10-13,19,22H,3-9,14-18H2,1-2H3,(H,27,31)(H,28,32). The molecule has 0 aliphatic heterocycles. The molecule has 0 bridgehead atoms. The summed E-state index contributed by atoms with van der Waals surface area (Å²) in [6.07, 6.45) is 6.25. The summed E-state index contributed by atoms with van der Waals surface area (Å²) in [6, 6.07) is 6.93. The lowest BCUT2D eigenvalue weighted by molar-refractivity contribution is -0.134. The minimum absolute atomic E-state index is 0.0345. The molecule has 33 heavy (non-hydrogen) atoms. The molecular weight excluding hydrogens is 420 g/mol. The Bertz CT molecular complexity index is 788. The molecule has 7 nitrogen and oxygen atoms in total. The van der Waals surface area contributed by atoms with Crippen molar-refractivity contribution in [3.8, 4) is 0 Å². The van der Waals surface area contributed by atoms with Crippen molar-refractivity contribution in [2.45, 2.75) is 71.6 Å². The highest BCUT2D eigenvalue weighted by atomic mass is 16.5. The van der Waals surface area contributed by atoms with Crippen LogP contribution in [0.3, 0.4) is 0 Å². The molecule has 2 amide bonds. The molecule has 0 heterocycles. The summed E-state index contributed by atoms with van der Waals surface area (Å²) in [5.74, 6) is -0.494. The Hall–Kier alpha value is -2.54. The average molecular weight is 459 g/mol. The zero-order valence-corrected chi connectivity index (χ0v) is 20.0. The number of ether oxygens (including phenoxy) is 1. The van der Waals surface area contributed by atoms with Gasteiger partial charge in [-0.2, -0.15) is 0 Å². The van der Waals surface area contributed by atoms with E-state index in [0.717, 1.165) is 31.2 Å². The fraction of sp³-hybridized carbons (Fsp3) is 0.615. The van der Waals surface area contributed by atoms with Crippen molar-refractivity contribution in [3.63, 3.8) is 0 Å². The molecule has 182 valence electrons. The number of unbranched alkanes of at least 4 members (excludes halogenated alkanes) is 1. The fourth-order valence-corrected chi connectivity index (χ4v) is 3.89. The van der Waals surface area contributed by atoms with E-state index in [2.05, 4.69) is 24.5 Å². The van der Waals surface area contributed by atoms with E-state index in [1.54, 1.807) is 24.3 Å². The maximum atomic E-state index is 12.4. The highest BCUT2D eigenvalue weighted by Gasteiger charge is 2.28. The summed E-state index contributed by atoms with van der Waals surface area (Å²) in [6.45, 7) is 5.89. The van der Waals surface area contributed by atoms with Crippen molar-refractivity contribution in [2.24, 2.45) is 11.8 Å². The van der Waals surface area contributed by atoms with Gasteiger partial charge in [0.05, 0.1) is 12.5 Å². The SMILES string of the molecule is CC(C)CCCCOCCNC(=O)CC(=O)Nc1ccc(CC(=O)C2CCCCC2=O)cc1. The first-order chi connectivity index (χ1) is 15.8. The monoisotopic (exact) mass is 458 g/mol. The van der Waals surface area contributed by atoms with Crippen LogP contribution in [-0.4, -0.2) is 43.1 Å². The summed E-state index contributed by atoms with van der Waals surface area (Å²) in [5, 5.41) is 5.37. The van der Waals surface area contributed by atoms with Crippen LogP contribution >= 0.6 is 0 Å². The summed E-state index contributed by atoms with van der Waals surface area (Å²) in [4.78, 5) is 48.4. The van der Waals surface area contributed by atoms with Crippen molar-refractivity contribution in [1.82, 2.24) is 5.32 Å². The van der Waals surface area contributed by atoms with Gasteiger partial charge >= 0.3 is 0 Å². The molecule has 1 aliphatic carbocycles. The zero-order valence-electron chi connectivity index (χ0n) is 20.0. The third kappa shape index (κ3) is 10.7. The Balaban J connectivity index is 1.62. The quantitative estimate of drug-likeness (QED) is 0.326. The second-order valence-electron chi connectivity index (χ2n) is 9.18. The number of hydrogen-bond donors (Lipinski definition) is 2. The van der Waals surface area contributed by atoms with Gasteiger partial charge in [0.25, 0.3) is 0 Å². The molecule has 1 aliphatic rings. The van der Waals surface area contributed by atoms with Gasteiger partial charge in [0.2, 0.25) is 11.8 Å². The number of rotatable bonds is 14. The lowest BCUT2D eigenvalue weighted by Crippen LogP contribution is -2.30. The van der Waals surface area contributed by atoms with Crippen molar-refractivity contribution in [2.75, 3.05) is 25.1 Å². The number of Topliss-reactive ketones (excluding diaryl/α,β-unsaturated/α-hetero) is 2. The summed E-state index contributed by atoms with van der Waals surface area (Å²) in [5.41, 5.74) is 1.36. The second kappa shape index (κ2) is 14.6. The Morgan fingerprint density at radius 1 is 1.03 bits per heavy atom. The number of hydrogen-bond acceptors (Lipinski definition) is 5. The Labute approximate surface area is 197 Å². The van der Waals surface area contributed by atoms with Crippen LogP contribution in [0.4, 0.5) is 5.69 Å². The fourth-order valence-electron chi connectivity index (χ4n) is 3.89. The van der Waals surface area contributed by atoms with Crippen LogP contribution in [0.5, 0.6) is 0 Å².